The highest BCUT2D eigenvalue weighted by Crippen LogP contribution is 2.30. The monoisotopic (exact) mass is 372 g/mol. The third-order valence-corrected chi connectivity index (χ3v) is 5.94. The van der Waals surface area contributed by atoms with E-state index < -0.39 is 0 Å². The summed E-state index contributed by atoms with van der Waals surface area (Å²) in [6, 6.07) is 3.49. The number of carbonyl (C=O) groups is 2. The lowest BCUT2D eigenvalue weighted by atomic mass is 10.1. The molecule has 7 nitrogen and oxygen atoms in total. The van der Waals surface area contributed by atoms with Gasteiger partial charge in [0.1, 0.15) is 5.82 Å². The van der Waals surface area contributed by atoms with Gasteiger partial charge in [0.15, 0.2) is 0 Å². The van der Waals surface area contributed by atoms with Crippen LogP contribution in [0.25, 0.3) is 0 Å². The number of fused-ring (bicyclic) bond motifs is 1. The van der Waals surface area contributed by atoms with Crippen molar-refractivity contribution in [1.29, 1.82) is 0 Å². The van der Waals surface area contributed by atoms with Crippen molar-refractivity contribution < 1.29 is 9.59 Å². The standard InChI is InChI=1S/C18H20N4O3S/c1-11(23)22-7-2-4-14(22)16-19-13-6-8-21(10-12(13)17(24)20-16)18(25)15-5-3-9-26-15/h3,5,9,14H,2,4,6-8,10H2,1H3,(H,19,20,24)/t14-/m0/s1. The maximum absolute atomic E-state index is 12.6. The zero-order chi connectivity index (χ0) is 18.3. The smallest absolute Gasteiger partial charge is 0.264 e. The number of rotatable bonds is 2. The fraction of sp³-hybridized carbons (Fsp3) is 0.444. The van der Waals surface area contributed by atoms with Crippen LogP contribution in [0.3, 0.4) is 0 Å². The van der Waals surface area contributed by atoms with E-state index in [-0.39, 0.29) is 30.0 Å². The zero-order valence-corrected chi connectivity index (χ0v) is 15.3. The largest absolute Gasteiger partial charge is 0.333 e. The van der Waals surface area contributed by atoms with Gasteiger partial charge in [0.05, 0.1) is 28.7 Å². The van der Waals surface area contributed by atoms with Gasteiger partial charge < -0.3 is 14.8 Å². The van der Waals surface area contributed by atoms with Gasteiger partial charge in [-0.25, -0.2) is 4.98 Å². The van der Waals surface area contributed by atoms with E-state index >= 15 is 0 Å². The van der Waals surface area contributed by atoms with Crippen LogP contribution in [0.1, 0.15) is 52.6 Å². The number of H-pyrrole nitrogens is 1. The van der Waals surface area contributed by atoms with Crippen molar-refractivity contribution in [3.05, 3.63) is 49.8 Å². The second kappa shape index (κ2) is 6.68. The first-order valence-electron chi connectivity index (χ1n) is 8.76. The topological polar surface area (TPSA) is 86.4 Å². The van der Waals surface area contributed by atoms with Crippen molar-refractivity contribution in [3.63, 3.8) is 0 Å². The van der Waals surface area contributed by atoms with Gasteiger partial charge >= 0.3 is 0 Å². The molecule has 0 aliphatic carbocycles. The Morgan fingerprint density at radius 2 is 2.19 bits per heavy atom. The fourth-order valence-corrected chi connectivity index (χ4v) is 4.45. The van der Waals surface area contributed by atoms with Crippen molar-refractivity contribution in [2.75, 3.05) is 13.1 Å². The van der Waals surface area contributed by atoms with Crippen LogP contribution in [0.15, 0.2) is 22.3 Å². The van der Waals surface area contributed by atoms with E-state index in [1.54, 1.807) is 22.8 Å². The maximum Gasteiger partial charge on any atom is 0.264 e. The predicted octanol–water partition coefficient (Wildman–Crippen LogP) is 1.71. The van der Waals surface area contributed by atoms with Gasteiger partial charge in [-0.2, -0.15) is 0 Å². The van der Waals surface area contributed by atoms with Crippen LogP contribution in [0.5, 0.6) is 0 Å². The molecule has 0 saturated carbocycles. The van der Waals surface area contributed by atoms with Gasteiger partial charge in [-0.3, -0.25) is 14.4 Å². The molecule has 1 fully saturated rings. The average Bonchev–Trinajstić information content (AvgIpc) is 3.32. The molecule has 0 radical (unpaired) electrons. The van der Waals surface area contributed by atoms with E-state index in [1.165, 1.54) is 11.3 Å². The molecule has 2 aromatic rings. The minimum Gasteiger partial charge on any atom is -0.333 e. The fourth-order valence-electron chi connectivity index (χ4n) is 3.76. The first-order valence-corrected chi connectivity index (χ1v) is 9.64. The third-order valence-electron chi connectivity index (χ3n) is 5.08. The SMILES string of the molecule is CC(=O)N1CCC[C@H]1c1nc2c(c(=O)[nH]1)CN(C(=O)c1cccs1)CC2. The van der Waals surface area contributed by atoms with Gasteiger partial charge in [-0.1, -0.05) is 6.07 Å². The Morgan fingerprint density at radius 3 is 2.92 bits per heavy atom. The second-order valence-electron chi connectivity index (χ2n) is 6.70. The van der Waals surface area contributed by atoms with E-state index in [0.717, 1.165) is 18.5 Å². The molecule has 26 heavy (non-hydrogen) atoms. The van der Waals surface area contributed by atoms with Gasteiger partial charge in [0.25, 0.3) is 11.5 Å². The molecule has 0 spiro atoms. The molecule has 2 aliphatic heterocycles. The maximum atomic E-state index is 12.6. The molecule has 4 heterocycles. The Bertz CT molecular complexity index is 906. The molecule has 4 rings (SSSR count). The lowest BCUT2D eigenvalue weighted by Crippen LogP contribution is -2.40. The molecule has 0 unspecified atom stereocenters. The number of amides is 2. The number of nitrogens with one attached hydrogen (secondary N) is 1. The normalized spacial score (nSPS) is 19.5. The Labute approximate surface area is 154 Å². The molecule has 2 aliphatic rings. The van der Waals surface area contributed by atoms with Crippen LogP contribution in [0, 0.1) is 0 Å². The van der Waals surface area contributed by atoms with Crippen LogP contribution < -0.4 is 5.56 Å². The van der Waals surface area contributed by atoms with Crippen molar-refractivity contribution in [2.24, 2.45) is 0 Å². The summed E-state index contributed by atoms with van der Waals surface area (Å²) in [7, 11) is 0. The summed E-state index contributed by atoms with van der Waals surface area (Å²) >= 11 is 1.40. The Morgan fingerprint density at radius 1 is 1.35 bits per heavy atom. The lowest BCUT2D eigenvalue weighted by Gasteiger charge is -2.29. The van der Waals surface area contributed by atoms with Gasteiger partial charge in [-0.05, 0) is 24.3 Å². The molecular formula is C18H20N4O3S. The number of carbonyl (C=O) groups excluding carboxylic acids is 2. The number of aromatic amines is 1. The molecule has 0 aromatic carbocycles. The summed E-state index contributed by atoms with van der Waals surface area (Å²) < 4.78 is 0. The summed E-state index contributed by atoms with van der Waals surface area (Å²) in [6.45, 7) is 3.06. The molecule has 2 aromatic heterocycles. The highest BCUT2D eigenvalue weighted by Gasteiger charge is 2.32. The first kappa shape index (κ1) is 17.0. The van der Waals surface area contributed by atoms with Crippen LogP contribution in [0.2, 0.25) is 0 Å². The Balaban J connectivity index is 1.61. The summed E-state index contributed by atoms with van der Waals surface area (Å²) in [5.41, 5.74) is 1.09. The van der Waals surface area contributed by atoms with E-state index in [4.69, 9.17) is 0 Å². The molecule has 0 bridgehead atoms. The van der Waals surface area contributed by atoms with Gasteiger partial charge in [-0.15, -0.1) is 11.3 Å². The van der Waals surface area contributed by atoms with Crippen LogP contribution in [-0.2, 0) is 17.8 Å². The summed E-state index contributed by atoms with van der Waals surface area (Å²) in [5, 5.41) is 1.87. The van der Waals surface area contributed by atoms with Gasteiger partial charge in [0.2, 0.25) is 5.91 Å². The third kappa shape index (κ3) is 2.94. The van der Waals surface area contributed by atoms with E-state index in [1.807, 2.05) is 11.4 Å². The average molecular weight is 372 g/mol. The summed E-state index contributed by atoms with van der Waals surface area (Å²) in [6.07, 6.45) is 2.27. The highest BCUT2D eigenvalue weighted by molar-refractivity contribution is 7.12. The molecule has 2 amide bonds. The molecule has 8 heteroatoms. The molecular weight excluding hydrogens is 352 g/mol. The number of nitrogens with zero attached hydrogens (tertiary/aromatic N) is 3. The van der Waals surface area contributed by atoms with Crippen molar-refractivity contribution in [3.8, 4) is 0 Å². The minimum absolute atomic E-state index is 0.000546. The minimum atomic E-state index is -0.205. The number of likely N-dealkylation sites (tertiary alicyclic amines) is 1. The number of thiophene rings is 1. The number of hydrogen-bond acceptors (Lipinski definition) is 5. The van der Waals surface area contributed by atoms with Crippen molar-refractivity contribution in [1.82, 2.24) is 19.8 Å². The van der Waals surface area contributed by atoms with E-state index in [2.05, 4.69) is 9.97 Å². The van der Waals surface area contributed by atoms with Crippen LogP contribution in [0.4, 0.5) is 0 Å². The zero-order valence-electron chi connectivity index (χ0n) is 14.5. The first-order chi connectivity index (χ1) is 12.5. The number of hydrogen-bond donors (Lipinski definition) is 1. The van der Waals surface area contributed by atoms with Crippen molar-refractivity contribution >= 4 is 23.2 Å². The van der Waals surface area contributed by atoms with Crippen LogP contribution >= 0.6 is 11.3 Å². The number of aromatic nitrogens is 2. The lowest BCUT2D eigenvalue weighted by molar-refractivity contribution is -0.129. The summed E-state index contributed by atoms with van der Waals surface area (Å²) in [5.74, 6) is 0.521. The Kier molecular flexibility index (Phi) is 4.36. The molecule has 1 N–H and O–H groups in total. The summed E-state index contributed by atoms with van der Waals surface area (Å²) in [4.78, 5) is 48.6. The quantitative estimate of drug-likeness (QED) is 0.870. The van der Waals surface area contributed by atoms with Crippen molar-refractivity contribution in [2.45, 2.75) is 38.8 Å². The molecule has 1 saturated heterocycles. The van der Waals surface area contributed by atoms with Crippen LogP contribution in [-0.4, -0.2) is 44.7 Å². The van der Waals surface area contributed by atoms with E-state index in [0.29, 0.717) is 35.8 Å². The Hall–Kier alpha value is -2.48. The van der Waals surface area contributed by atoms with Gasteiger partial charge in [0, 0.05) is 26.4 Å². The second-order valence-corrected chi connectivity index (χ2v) is 7.65. The molecule has 136 valence electrons. The predicted molar refractivity (Wildman–Crippen MR) is 97.0 cm³/mol. The molecule has 1 atom stereocenters. The highest BCUT2D eigenvalue weighted by atomic mass is 32.1. The van der Waals surface area contributed by atoms with E-state index in [9.17, 15) is 14.4 Å².